The molecule has 3 rings (SSSR count). The van der Waals surface area contributed by atoms with Gasteiger partial charge in [-0.1, -0.05) is 12.1 Å². The molecule has 2 aromatic heterocycles. The zero-order valence-corrected chi connectivity index (χ0v) is 14.2. The summed E-state index contributed by atoms with van der Waals surface area (Å²) < 4.78 is 11.1. The highest BCUT2D eigenvalue weighted by atomic mass is 32.1. The summed E-state index contributed by atoms with van der Waals surface area (Å²) >= 11 is 1.53. The van der Waals surface area contributed by atoms with Gasteiger partial charge in [0.2, 0.25) is 11.8 Å². The van der Waals surface area contributed by atoms with Gasteiger partial charge in [-0.15, -0.1) is 21.5 Å². The number of nitrogens with zero attached hydrogens (tertiary/aromatic N) is 2. The summed E-state index contributed by atoms with van der Waals surface area (Å²) in [5.74, 6) is 1.12. The number of benzene rings is 1. The van der Waals surface area contributed by atoms with E-state index in [4.69, 9.17) is 9.15 Å². The highest BCUT2D eigenvalue weighted by Crippen LogP contribution is 2.28. The van der Waals surface area contributed by atoms with Crippen LogP contribution in [0, 0.1) is 6.92 Å². The molecule has 0 aliphatic rings. The molecular formula is C17H17N3O3S. The van der Waals surface area contributed by atoms with Crippen LogP contribution in [0.25, 0.3) is 10.8 Å². The van der Waals surface area contributed by atoms with Gasteiger partial charge in [0, 0.05) is 0 Å². The number of hydrogen-bond donors (Lipinski definition) is 1. The lowest BCUT2D eigenvalue weighted by Gasteiger charge is -2.10. The molecule has 1 N–H and O–H groups in total. The molecular weight excluding hydrogens is 326 g/mol. The van der Waals surface area contributed by atoms with Gasteiger partial charge in [-0.25, -0.2) is 0 Å². The summed E-state index contributed by atoms with van der Waals surface area (Å²) in [7, 11) is 0. The van der Waals surface area contributed by atoms with Crippen molar-refractivity contribution >= 4 is 22.9 Å². The number of rotatable bonds is 6. The van der Waals surface area contributed by atoms with E-state index in [9.17, 15) is 4.79 Å². The maximum atomic E-state index is 12.2. The monoisotopic (exact) mass is 343 g/mol. The summed E-state index contributed by atoms with van der Waals surface area (Å²) in [6.45, 7) is 4.40. The van der Waals surface area contributed by atoms with Crippen LogP contribution >= 0.6 is 11.3 Å². The zero-order valence-electron chi connectivity index (χ0n) is 13.4. The fourth-order valence-electron chi connectivity index (χ4n) is 2.19. The first-order valence-corrected chi connectivity index (χ1v) is 8.44. The van der Waals surface area contributed by atoms with E-state index in [0.29, 0.717) is 23.9 Å². The van der Waals surface area contributed by atoms with Gasteiger partial charge in [0.25, 0.3) is 5.89 Å². The third-order valence-corrected chi connectivity index (χ3v) is 4.30. The third kappa shape index (κ3) is 3.62. The van der Waals surface area contributed by atoms with Crippen molar-refractivity contribution < 1.29 is 13.9 Å². The Hall–Kier alpha value is -2.67. The number of ether oxygens (including phenoxy) is 1. The summed E-state index contributed by atoms with van der Waals surface area (Å²) in [5.41, 5.74) is 1.70. The number of carbonyl (C=O) groups excluding carboxylic acids is 1. The number of nitrogens with one attached hydrogen (secondary N) is 1. The van der Waals surface area contributed by atoms with Gasteiger partial charge in [0.05, 0.1) is 17.2 Å². The van der Waals surface area contributed by atoms with Crippen LogP contribution in [0.3, 0.4) is 0 Å². The maximum absolute atomic E-state index is 12.2. The largest absolute Gasteiger partial charge is 0.492 e. The van der Waals surface area contributed by atoms with Crippen molar-refractivity contribution in [3.8, 4) is 16.5 Å². The molecule has 0 aliphatic heterocycles. The minimum atomic E-state index is -0.236. The molecule has 0 aliphatic carbocycles. The third-order valence-electron chi connectivity index (χ3n) is 3.30. The zero-order chi connectivity index (χ0) is 16.9. The molecule has 0 unspecified atom stereocenters. The molecule has 0 saturated carbocycles. The predicted molar refractivity (Wildman–Crippen MR) is 92.3 cm³/mol. The number of thiophene rings is 1. The van der Waals surface area contributed by atoms with Crippen molar-refractivity contribution in [2.24, 2.45) is 0 Å². The second-order valence-corrected chi connectivity index (χ2v) is 6.00. The molecule has 24 heavy (non-hydrogen) atoms. The number of para-hydroxylation sites is 2. The van der Waals surface area contributed by atoms with E-state index >= 15 is 0 Å². The van der Waals surface area contributed by atoms with E-state index in [1.807, 2.05) is 43.5 Å². The van der Waals surface area contributed by atoms with Crippen molar-refractivity contribution in [1.82, 2.24) is 10.2 Å². The van der Waals surface area contributed by atoms with Crippen LogP contribution in [0.5, 0.6) is 5.75 Å². The normalized spacial score (nSPS) is 10.6. The minimum Gasteiger partial charge on any atom is -0.492 e. The van der Waals surface area contributed by atoms with E-state index in [1.54, 1.807) is 6.07 Å². The summed E-state index contributed by atoms with van der Waals surface area (Å²) in [6, 6.07) is 9.28. The minimum absolute atomic E-state index is 0.0118. The van der Waals surface area contributed by atoms with Gasteiger partial charge in [0.1, 0.15) is 12.2 Å². The van der Waals surface area contributed by atoms with Gasteiger partial charge in [0.15, 0.2) is 0 Å². The van der Waals surface area contributed by atoms with Crippen molar-refractivity contribution in [3.05, 3.63) is 47.2 Å². The lowest BCUT2D eigenvalue weighted by molar-refractivity contribution is -0.115. The number of amides is 1. The first kappa shape index (κ1) is 16.2. The topological polar surface area (TPSA) is 77.2 Å². The Balaban J connectivity index is 1.68. The average Bonchev–Trinajstić information content (AvgIpc) is 3.18. The molecule has 0 saturated heterocycles. The Bertz CT molecular complexity index is 841. The standard InChI is InChI=1S/C17H17N3O3S/c1-3-22-13-7-5-4-6-12(13)18-14(21)10-15-19-20-17(23-15)16-11(2)8-9-24-16/h4-9H,3,10H2,1-2H3,(H,18,21). The number of anilines is 1. The van der Waals surface area contributed by atoms with Crippen LogP contribution in [-0.4, -0.2) is 22.7 Å². The molecule has 124 valence electrons. The molecule has 1 amide bonds. The molecule has 0 bridgehead atoms. The smallest absolute Gasteiger partial charge is 0.258 e. The summed E-state index contributed by atoms with van der Waals surface area (Å²) in [4.78, 5) is 13.1. The molecule has 1 aromatic carbocycles. The van der Waals surface area contributed by atoms with Crippen LogP contribution < -0.4 is 10.1 Å². The second kappa shape index (κ2) is 7.27. The fourth-order valence-corrected chi connectivity index (χ4v) is 3.04. The van der Waals surface area contributed by atoms with E-state index in [-0.39, 0.29) is 18.2 Å². The Labute approximate surface area is 143 Å². The van der Waals surface area contributed by atoms with Crippen molar-refractivity contribution in [1.29, 1.82) is 0 Å². The number of hydrogen-bond acceptors (Lipinski definition) is 6. The highest BCUT2D eigenvalue weighted by molar-refractivity contribution is 7.13. The fraction of sp³-hybridized carbons (Fsp3) is 0.235. The van der Waals surface area contributed by atoms with Crippen LogP contribution in [0.2, 0.25) is 0 Å². The lowest BCUT2D eigenvalue weighted by atomic mass is 10.2. The van der Waals surface area contributed by atoms with Gasteiger partial charge >= 0.3 is 0 Å². The van der Waals surface area contributed by atoms with E-state index in [0.717, 1.165) is 10.4 Å². The van der Waals surface area contributed by atoms with E-state index < -0.39 is 0 Å². The summed E-state index contributed by atoms with van der Waals surface area (Å²) in [5, 5.41) is 12.7. The van der Waals surface area contributed by atoms with Crippen LogP contribution in [0.15, 0.2) is 40.1 Å². The van der Waals surface area contributed by atoms with Gasteiger partial charge in [-0.05, 0) is 43.0 Å². The number of aryl methyl sites for hydroxylation is 1. The van der Waals surface area contributed by atoms with Gasteiger partial charge in [-0.2, -0.15) is 0 Å². The molecule has 3 aromatic rings. The quantitative estimate of drug-likeness (QED) is 0.738. The Morgan fingerprint density at radius 2 is 2.12 bits per heavy atom. The van der Waals surface area contributed by atoms with Crippen molar-refractivity contribution in [2.75, 3.05) is 11.9 Å². The predicted octanol–water partition coefficient (Wildman–Crippen LogP) is 3.69. The SMILES string of the molecule is CCOc1ccccc1NC(=O)Cc1nnc(-c2sccc2C)o1. The molecule has 7 heteroatoms. The summed E-state index contributed by atoms with van der Waals surface area (Å²) in [6.07, 6.45) is 0.0118. The first-order valence-electron chi connectivity index (χ1n) is 7.56. The van der Waals surface area contributed by atoms with E-state index in [2.05, 4.69) is 15.5 Å². The lowest BCUT2D eigenvalue weighted by Crippen LogP contribution is -2.15. The van der Waals surface area contributed by atoms with Crippen LogP contribution in [-0.2, 0) is 11.2 Å². The van der Waals surface area contributed by atoms with Gasteiger partial charge < -0.3 is 14.5 Å². The van der Waals surface area contributed by atoms with Crippen LogP contribution in [0.1, 0.15) is 18.4 Å². The first-order chi connectivity index (χ1) is 11.7. The Morgan fingerprint density at radius 1 is 1.29 bits per heavy atom. The Kier molecular flexibility index (Phi) is 4.90. The molecule has 0 radical (unpaired) electrons. The Morgan fingerprint density at radius 3 is 2.88 bits per heavy atom. The van der Waals surface area contributed by atoms with Crippen molar-refractivity contribution in [2.45, 2.75) is 20.3 Å². The molecule has 6 nitrogen and oxygen atoms in total. The van der Waals surface area contributed by atoms with Gasteiger partial charge in [-0.3, -0.25) is 4.79 Å². The van der Waals surface area contributed by atoms with Crippen LogP contribution in [0.4, 0.5) is 5.69 Å². The average molecular weight is 343 g/mol. The maximum Gasteiger partial charge on any atom is 0.258 e. The molecule has 2 heterocycles. The molecule has 0 spiro atoms. The molecule has 0 atom stereocenters. The van der Waals surface area contributed by atoms with Crippen molar-refractivity contribution in [3.63, 3.8) is 0 Å². The highest BCUT2D eigenvalue weighted by Gasteiger charge is 2.15. The molecule has 0 fully saturated rings. The number of aromatic nitrogens is 2. The second-order valence-electron chi connectivity index (χ2n) is 5.09. The number of carbonyl (C=O) groups is 1. The van der Waals surface area contributed by atoms with E-state index in [1.165, 1.54) is 11.3 Å².